The van der Waals surface area contributed by atoms with Crippen LogP contribution in [0.4, 0.5) is 0 Å². The summed E-state index contributed by atoms with van der Waals surface area (Å²) in [6.07, 6.45) is 4.54. The molecule has 0 bridgehead atoms. The van der Waals surface area contributed by atoms with Gasteiger partial charge < -0.3 is 5.11 Å². The lowest BCUT2D eigenvalue weighted by Gasteiger charge is -2.05. The van der Waals surface area contributed by atoms with Gasteiger partial charge in [-0.1, -0.05) is 0 Å². The lowest BCUT2D eigenvalue weighted by molar-refractivity contribution is -0.301. The zero-order valence-corrected chi connectivity index (χ0v) is 8.75. The van der Waals surface area contributed by atoms with Crippen LogP contribution < -0.4 is 0 Å². The first-order chi connectivity index (χ1) is 7.83. The highest BCUT2D eigenvalue weighted by atomic mass is 17.2. The Morgan fingerprint density at radius 2 is 2.12 bits per heavy atom. The van der Waals surface area contributed by atoms with Gasteiger partial charge in [-0.3, -0.25) is 4.98 Å². The van der Waals surface area contributed by atoms with E-state index in [1.165, 1.54) is 6.33 Å². The second-order valence-electron chi connectivity index (χ2n) is 3.05. The van der Waals surface area contributed by atoms with Crippen LogP contribution in [0.15, 0.2) is 18.7 Å². The Hall–Kier alpha value is -1.79. The van der Waals surface area contributed by atoms with Crippen LogP contribution in [0.2, 0.25) is 0 Å². The van der Waals surface area contributed by atoms with Gasteiger partial charge in [-0.25, -0.2) is 19.7 Å². The Morgan fingerprint density at radius 3 is 2.94 bits per heavy atom. The van der Waals surface area contributed by atoms with Crippen molar-refractivity contribution in [1.29, 1.82) is 0 Å². The highest BCUT2D eigenvalue weighted by Gasteiger charge is 2.09. The smallest absolute Gasteiger partial charge is 0.166 e. The van der Waals surface area contributed by atoms with Gasteiger partial charge >= 0.3 is 0 Å². The van der Waals surface area contributed by atoms with Crippen LogP contribution in [-0.2, 0) is 16.4 Å². The topological polar surface area (TPSA) is 77.4 Å². The van der Waals surface area contributed by atoms with Crippen molar-refractivity contribution in [3.63, 3.8) is 0 Å². The van der Waals surface area contributed by atoms with E-state index in [9.17, 15) is 5.11 Å². The van der Waals surface area contributed by atoms with Crippen molar-refractivity contribution in [3.05, 3.63) is 24.4 Å². The lowest BCUT2D eigenvalue weighted by atomic mass is 10.2. The molecule has 0 amide bonds. The average Bonchev–Trinajstić information content (AvgIpc) is 2.33. The Balaban J connectivity index is 2.29. The van der Waals surface area contributed by atoms with E-state index in [-0.39, 0.29) is 12.4 Å². The van der Waals surface area contributed by atoms with Crippen LogP contribution in [-0.4, -0.2) is 26.7 Å². The van der Waals surface area contributed by atoms with Crippen molar-refractivity contribution < 1.29 is 14.9 Å². The molecule has 2 aromatic rings. The molecule has 2 rings (SSSR count). The molecule has 0 spiro atoms. The van der Waals surface area contributed by atoms with Gasteiger partial charge in [0, 0.05) is 17.8 Å². The summed E-state index contributed by atoms with van der Waals surface area (Å²) < 4.78 is 0. The zero-order chi connectivity index (χ0) is 11.4. The van der Waals surface area contributed by atoms with Crippen molar-refractivity contribution in [2.45, 2.75) is 13.5 Å². The minimum absolute atomic E-state index is 0.000368. The number of fused-ring (bicyclic) bond motifs is 1. The summed E-state index contributed by atoms with van der Waals surface area (Å²) in [4.78, 5) is 21.4. The molecule has 0 aliphatic heterocycles. The number of hydrogen-bond donors (Lipinski definition) is 1. The molecule has 6 nitrogen and oxygen atoms in total. The van der Waals surface area contributed by atoms with Gasteiger partial charge in [-0.2, -0.15) is 0 Å². The number of nitrogens with zero attached hydrogens (tertiary/aromatic N) is 3. The van der Waals surface area contributed by atoms with E-state index >= 15 is 0 Å². The minimum Gasteiger partial charge on any atom is -0.504 e. The Kier molecular flexibility index (Phi) is 3.23. The van der Waals surface area contributed by atoms with E-state index in [1.54, 1.807) is 19.3 Å². The number of rotatable bonds is 4. The van der Waals surface area contributed by atoms with Crippen molar-refractivity contribution >= 4 is 10.9 Å². The van der Waals surface area contributed by atoms with Crippen molar-refractivity contribution in [1.82, 2.24) is 15.0 Å². The molecule has 0 aliphatic rings. The van der Waals surface area contributed by atoms with E-state index in [0.717, 1.165) is 0 Å². The van der Waals surface area contributed by atoms with Gasteiger partial charge in [0.1, 0.15) is 24.1 Å². The highest BCUT2D eigenvalue weighted by Crippen LogP contribution is 2.24. The molecule has 0 atom stereocenters. The second kappa shape index (κ2) is 4.82. The molecular formula is C10H11N3O3. The summed E-state index contributed by atoms with van der Waals surface area (Å²) in [5.41, 5.74) is 0.847. The molecule has 2 heterocycles. The molecule has 0 saturated heterocycles. The third-order valence-electron chi connectivity index (χ3n) is 1.99. The summed E-state index contributed by atoms with van der Waals surface area (Å²) in [5.74, 6) is -0.000368. The van der Waals surface area contributed by atoms with Crippen LogP contribution in [0.5, 0.6) is 5.75 Å². The molecule has 0 aliphatic carbocycles. The fraction of sp³-hybridized carbons (Fsp3) is 0.300. The summed E-state index contributed by atoms with van der Waals surface area (Å²) in [7, 11) is 0. The first-order valence-electron chi connectivity index (χ1n) is 4.84. The first kappa shape index (κ1) is 10.7. The predicted molar refractivity (Wildman–Crippen MR) is 55.4 cm³/mol. The van der Waals surface area contributed by atoms with Crippen LogP contribution in [0.1, 0.15) is 12.6 Å². The normalized spacial score (nSPS) is 10.8. The molecule has 2 aromatic heterocycles. The van der Waals surface area contributed by atoms with Gasteiger partial charge in [0.2, 0.25) is 0 Å². The Morgan fingerprint density at radius 1 is 1.25 bits per heavy atom. The molecule has 84 valence electrons. The van der Waals surface area contributed by atoms with Crippen molar-refractivity contribution in [2.24, 2.45) is 0 Å². The fourth-order valence-electron chi connectivity index (χ4n) is 1.26. The summed E-state index contributed by atoms with van der Waals surface area (Å²) >= 11 is 0. The quantitative estimate of drug-likeness (QED) is 0.475. The standard InChI is InChI=1S/C10H11N3O3/c1-2-15-16-5-8-10(14)9-7(4-12-8)3-11-6-13-9/h3-4,6,14H,2,5H2,1H3. The third kappa shape index (κ3) is 2.07. The van der Waals surface area contributed by atoms with Crippen molar-refractivity contribution in [3.8, 4) is 5.75 Å². The SMILES string of the molecule is CCOOCc1ncc2cncnc2c1O. The van der Waals surface area contributed by atoms with E-state index in [2.05, 4.69) is 15.0 Å². The predicted octanol–water partition coefficient (Wildman–Crippen LogP) is 1.20. The molecule has 0 aromatic carbocycles. The maximum atomic E-state index is 9.86. The van der Waals surface area contributed by atoms with E-state index in [4.69, 9.17) is 9.78 Å². The van der Waals surface area contributed by atoms with Crippen LogP contribution in [0, 0.1) is 0 Å². The number of hydrogen-bond acceptors (Lipinski definition) is 6. The van der Waals surface area contributed by atoms with E-state index in [0.29, 0.717) is 23.2 Å². The lowest BCUT2D eigenvalue weighted by Crippen LogP contribution is -1.98. The maximum absolute atomic E-state index is 9.86. The minimum atomic E-state index is -0.000368. The average molecular weight is 221 g/mol. The van der Waals surface area contributed by atoms with Crippen LogP contribution >= 0.6 is 0 Å². The fourth-order valence-corrected chi connectivity index (χ4v) is 1.26. The largest absolute Gasteiger partial charge is 0.504 e. The second-order valence-corrected chi connectivity index (χ2v) is 3.05. The molecule has 0 fully saturated rings. The summed E-state index contributed by atoms with van der Waals surface area (Å²) in [6.45, 7) is 2.33. The summed E-state index contributed by atoms with van der Waals surface area (Å²) in [5, 5.41) is 10.5. The monoisotopic (exact) mass is 221 g/mol. The van der Waals surface area contributed by atoms with E-state index < -0.39 is 0 Å². The first-order valence-corrected chi connectivity index (χ1v) is 4.84. The maximum Gasteiger partial charge on any atom is 0.166 e. The molecule has 1 N–H and O–H groups in total. The highest BCUT2D eigenvalue weighted by molar-refractivity contribution is 5.82. The van der Waals surface area contributed by atoms with Gasteiger partial charge in [-0.05, 0) is 6.92 Å². The molecular weight excluding hydrogens is 210 g/mol. The van der Waals surface area contributed by atoms with Crippen LogP contribution in [0.3, 0.4) is 0 Å². The zero-order valence-electron chi connectivity index (χ0n) is 8.75. The van der Waals surface area contributed by atoms with Gasteiger partial charge in [0.15, 0.2) is 5.75 Å². The van der Waals surface area contributed by atoms with Gasteiger partial charge in [0.25, 0.3) is 0 Å². The molecule has 0 unspecified atom stereocenters. The molecule has 16 heavy (non-hydrogen) atoms. The Bertz CT molecular complexity index is 490. The Labute approximate surface area is 91.8 Å². The van der Waals surface area contributed by atoms with Crippen molar-refractivity contribution in [2.75, 3.05) is 6.61 Å². The van der Waals surface area contributed by atoms with Gasteiger partial charge in [0.05, 0.1) is 6.61 Å². The molecule has 0 saturated carbocycles. The van der Waals surface area contributed by atoms with Gasteiger partial charge in [-0.15, -0.1) is 0 Å². The number of aromatic hydroxyl groups is 1. The number of aromatic nitrogens is 3. The third-order valence-corrected chi connectivity index (χ3v) is 1.99. The van der Waals surface area contributed by atoms with Crippen LogP contribution in [0.25, 0.3) is 10.9 Å². The number of pyridine rings is 1. The summed E-state index contributed by atoms with van der Waals surface area (Å²) in [6, 6.07) is 0. The molecule has 6 heteroatoms. The van der Waals surface area contributed by atoms with E-state index in [1.807, 2.05) is 0 Å². The molecule has 0 radical (unpaired) electrons.